The van der Waals surface area contributed by atoms with Crippen LogP contribution >= 0.6 is 0 Å². The van der Waals surface area contributed by atoms with Crippen molar-refractivity contribution in [1.29, 1.82) is 0 Å². The molecule has 0 spiro atoms. The van der Waals surface area contributed by atoms with Crippen LogP contribution in [0.15, 0.2) is 18.5 Å². The van der Waals surface area contributed by atoms with Gasteiger partial charge in [0, 0.05) is 11.7 Å². The zero-order valence-electron chi connectivity index (χ0n) is 14.4. The van der Waals surface area contributed by atoms with Crippen molar-refractivity contribution in [1.82, 2.24) is 4.98 Å². The minimum absolute atomic E-state index is 0. The van der Waals surface area contributed by atoms with Crippen molar-refractivity contribution in [2.24, 2.45) is 5.73 Å². The molecular formula is C18H33N3O2. The number of ether oxygens (including phenoxy) is 1. The molecule has 2 rings (SSSR count). The van der Waals surface area contributed by atoms with Crippen LogP contribution in [0.25, 0.3) is 0 Å². The molecule has 1 fully saturated rings. The molecule has 1 aliphatic rings. The second-order valence-corrected chi connectivity index (χ2v) is 6.45. The van der Waals surface area contributed by atoms with Gasteiger partial charge in [0.1, 0.15) is 5.60 Å². The molecule has 0 unspecified atom stereocenters. The molecule has 5 nitrogen and oxygen atoms in total. The van der Waals surface area contributed by atoms with Gasteiger partial charge in [0.05, 0.1) is 11.9 Å². The van der Waals surface area contributed by atoms with E-state index in [1.807, 2.05) is 40.7 Å². The molecule has 0 aliphatic heterocycles. The van der Waals surface area contributed by atoms with Crippen LogP contribution < -0.4 is 11.1 Å². The van der Waals surface area contributed by atoms with Gasteiger partial charge in [-0.3, -0.25) is 10.3 Å². The first-order chi connectivity index (χ1) is 10.3. The first kappa shape index (κ1) is 21.4. The number of nitrogens with zero attached hydrogens (tertiary/aromatic N) is 1. The Morgan fingerprint density at radius 3 is 2.35 bits per heavy atom. The van der Waals surface area contributed by atoms with Crippen LogP contribution in [0.2, 0.25) is 0 Å². The van der Waals surface area contributed by atoms with Gasteiger partial charge in [-0.1, -0.05) is 34.1 Å². The minimum Gasteiger partial charge on any atom is -0.444 e. The summed E-state index contributed by atoms with van der Waals surface area (Å²) in [7, 11) is 0. The molecule has 5 heteroatoms. The summed E-state index contributed by atoms with van der Waals surface area (Å²) < 4.78 is 5.22. The van der Waals surface area contributed by atoms with Gasteiger partial charge in [-0.15, -0.1) is 0 Å². The van der Waals surface area contributed by atoms with Crippen molar-refractivity contribution in [2.75, 3.05) is 5.32 Å². The Morgan fingerprint density at radius 2 is 1.83 bits per heavy atom. The SMILES string of the molecule is C.CC.CC(C)(C)OC(=O)Nc1cncc(C2(N)CCCC2)c1. The van der Waals surface area contributed by atoms with E-state index in [1.54, 1.807) is 12.4 Å². The summed E-state index contributed by atoms with van der Waals surface area (Å²) in [5.74, 6) is 0. The van der Waals surface area contributed by atoms with Crippen LogP contribution in [-0.4, -0.2) is 16.7 Å². The number of carbonyl (C=O) groups excluding carboxylic acids is 1. The predicted molar refractivity (Wildman–Crippen MR) is 96.5 cm³/mol. The highest BCUT2D eigenvalue weighted by Gasteiger charge is 2.31. The monoisotopic (exact) mass is 323 g/mol. The number of rotatable bonds is 2. The highest BCUT2D eigenvalue weighted by Crippen LogP contribution is 2.36. The first-order valence-electron chi connectivity index (χ1n) is 8.03. The molecule has 0 saturated heterocycles. The summed E-state index contributed by atoms with van der Waals surface area (Å²) in [6.07, 6.45) is 7.11. The summed E-state index contributed by atoms with van der Waals surface area (Å²) in [6.45, 7) is 9.48. The Kier molecular flexibility index (Phi) is 8.24. The molecule has 0 bridgehead atoms. The number of nitrogens with one attached hydrogen (secondary N) is 1. The third-order valence-electron chi connectivity index (χ3n) is 3.45. The number of pyridine rings is 1. The largest absolute Gasteiger partial charge is 0.444 e. The first-order valence-corrected chi connectivity index (χ1v) is 8.03. The molecule has 132 valence electrons. The lowest BCUT2D eigenvalue weighted by molar-refractivity contribution is 0.0636. The fourth-order valence-corrected chi connectivity index (χ4v) is 2.50. The zero-order chi connectivity index (χ0) is 16.8. The van der Waals surface area contributed by atoms with E-state index in [0.29, 0.717) is 5.69 Å². The molecule has 1 aliphatic carbocycles. The third kappa shape index (κ3) is 6.57. The van der Waals surface area contributed by atoms with Crippen molar-refractivity contribution in [3.63, 3.8) is 0 Å². The Hall–Kier alpha value is -1.62. The van der Waals surface area contributed by atoms with Crippen LogP contribution in [0.5, 0.6) is 0 Å². The van der Waals surface area contributed by atoms with Gasteiger partial charge in [0.25, 0.3) is 0 Å². The maximum Gasteiger partial charge on any atom is 0.412 e. The second kappa shape index (κ2) is 8.87. The highest BCUT2D eigenvalue weighted by atomic mass is 16.6. The van der Waals surface area contributed by atoms with E-state index in [2.05, 4.69) is 10.3 Å². The fourth-order valence-electron chi connectivity index (χ4n) is 2.50. The van der Waals surface area contributed by atoms with Crippen molar-refractivity contribution in [3.8, 4) is 0 Å². The molecule has 1 heterocycles. The van der Waals surface area contributed by atoms with Gasteiger partial charge in [-0.2, -0.15) is 0 Å². The Labute approximate surface area is 141 Å². The number of nitrogens with two attached hydrogens (primary N) is 1. The third-order valence-corrected chi connectivity index (χ3v) is 3.45. The number of hydrogen-bond donors (Lipinski definition) is 2. The summed E-state index contributed by atoms with van der Waals surface area (Å²) in [5, 5.41) is 2.70. The van der Waals surface area contributed by atoms with Crippen molar-refractivity contribution >= 4 is 11.8 Å². The Bertz CT molecular complexity index is 489. The van der Waals surface area contributed by atoms with Gasteiger partial charge >= 0.3 is 6.09 Å². The summed E-state index contributed by atoms with van der Waals surface area (Å²) >= 11 is 0. The van der Waals surface area contributed by atoms with E-state index >= 15 is 0 Å². The standard InChI is InChI=1S/C15H23N3O2.C2H6.CH4/c1-14(2,3)20-13(19)18-12-8-11(9-17-10-12)15(16)6-4-5-7-15;1-2;/h8-10H,4-7,16H2,1-3H3,(H,18,19);1-2H3;1H4. The normalized spacial score (nSPS) is 15.7. The number of aromatic nitrogens is 1. The lowest BCUT2D eigenvalue weighted by atomic mass is 9.90. The number of carbonyl (C=O) groups is 1. The molecule has 1 saturated carbocycles. The smallest absolute Gasteiger partial charge is 0.412 e. The predicted octanol–water partition coefficient (Wildman–Crippen LogP) is 4.82. The summed E-state index contributed by atoms with van der Waals surface area (Å²) in [6, 6.07) is 1.89. The summed E-state index contributed by atoms with van der Waals surface area (Å²) in [5.41, 5.74) is 7.17. The van der Waals surface area contributed by atoms with Crippen molar-refractivity contribution < 1.29 is 9.53 Å². The van der Waals surface area contributed by atoms with E-state index in [9.17, 15) is 4.79 Å². The van der Waals surface area contributed by atoms with Gasteiger partial charge in [0.15, 0.2) is 0 Å². The topological polar surface area (TPSA) is 77.2 Å². The van der Waals surface area contributed by atoms with Gasteiger partial charge < -0.3 is 10.5 Å². The number of hydrogen-bond acceptors (Lipinski definition) is 4. The molecule has 1 aromatic rings. The van der Waals surface area contributed by atoms with Crippen LogP contribution in [0.4, 0.5) is 10.5 Å². The lowest BCUT2D eigenvalue weighted by Crippen LogP contribution is -2.33. The number of amides is 1. The molecule has 3 N–H and O–H groups in total. The molecule has 0 atom stereocenters. The Morgan fingerprint density at radius 1 is 1.26 bits per heavy atom. The van der Waals surface area contributed by atoms with Crippen molar-refractivity contribution in [3.05, 3.63) is 24.0 Å². The molecule has 0 aromatic carbocycles. The lowest BCUT2D eigenvalue weighted by Gasteiger charge is -2.24. The highest BCUT2D eigenvalue weighted by molar-refractivity contribution is 5.84. The molecule has 0 radical (unpaired) electrons. The van der Waals surface area contributed by atoms with E-state index in [1.165, 1.54) is 0 Å². The van der Waals surface area contributed by atoms with E-state index < -0.39 is 11.7 Å². The van der Waals surface area contributed by atoms with E-state index in [4.69, 9.17) is 10.5 Å². The summed E-state index contributed by atoms with van der Waals surface area (Å²) in [4.78, 5) is 15.9. The second-order valence-electron chi connectivity index (χ2n) is 6.45. The van der Waals surface area contributed by atoms with Gasteiger partial charge in [-0.25, -0.2) is 4.79 Å². The quantitative estimate of drug-likeness (QED) is 0.818. The minimum atomic E-state index is -0.518. The molecular weight excluding hydrogens is 290 g/mol. The molecule has 1 amide bonds. The molecule has 1 aromatic heterocycles. The van der Waals surface area contributed by atoms with Gasteiger partial charge in [0.2, 0.25) is 0 Å². The van der Waals surface area contributed by atoms with E-state index in [0.717, 1.165) is 31.2 Å². The van der Waals surface area contributed by atoms with Crippen LogP contribution in [0, 0.1) is 0 Å². The maximum atomic E-state index is 11.7. The van der Waals surface area contributed by atoms with E-state index in [-0.39, 0.29) is 13.0 Å². The Balaban J connectivity index is 0.00000155. The van der Waals surface area contributed by atoms with Gasteiger partial charge in [-0.05, 0) is 45.2 Å². The van der Waals surface area contributed by atoms with Crippen molar-refractivity contribution in [2.45, 2.75) is 78.9 Å². The fraction of sp³-hybridized carbons (Fsp3) is 0.667. The molecule has 23 heavy (non-hydrogen) atoms. The average molecular weight is 323 g/mol. The van der Waals surface area contributed by atoms with Crippen LogP contribution in [0.1, 0.15) is 73.3 Å². The maximum absolute atomic E-state index is 11.7. The average Bonchev–Trinajstić information content (AvgIpc) is 2.87. The zero-order valence-corrected chi connectivity index (χ0v) is 14.4. The number of anilines is 1. The van der Waals surface area contributed by atoms with Crippen LogP contribution in [0.3, 0.4) is 0 Å². The van der Waals surface area contributed by atoms with Crippen LogP contribution in [-0.2, 0) is 10.3 Å².